The fourth-order valence-corrected chi connectivity index (χ4v) is 4.64. The van der Waals surface area contributed by atoms with Crippen molar-refractivity contribution in [3.63, 3.8) is 0 Å². The highest BCUT2D eigenvalue weighted by molar-refractivity contribution is 6.31. The number of nitro groups is 2. The summed E-state index contributed by atoms with van der Waals surface area (Å²) in [6.07, 6.45) is 2.09. The van der Waals surface area contributed by atoms with Crippen molar-refractivity contribution < 1.29 is 23.7 Å². The zero-order valence-electron chi connectivity index (χ0n) is 22.4. The van der Waals surface area contributed by atoms with Crippen molar-refractivity contribution >= 4 is 51.1 Å². The molecule has 0 saturated heterocycles. The van der Waals surface area contributed by atoms with Crippen LogP contribution in [-0.2, 0) is 0 Å². The van der Waals surface area contributed by atoms with E-state index in [-0.39, 0.29) is 44.9 Å². The van der Waals surface area contributed by atoms with Gasteiger partial charge >= 0.3 is 5.69 Å². The molecule has 0 unspecified atom stereocenters. The topological polar surface area (TPSA) is 178 Å². The molecule has 14 nitrogen and oxygen atoms in total. The van der Waals surface area contributed by atoms with Crippen LogP contribution in [-0.4, -0.2) is 37.8 Å². The van der Waals surface area contributed by atoms with E-state index in [2.05, 4.69) is 15.1 Å². The summed E-state index contributed by atoms with van der Waals surface area (Å²) in [6.45, 7) is 0. The molecule has 0 N–H and O–H groups in total. The fourth-order valence-electron chi connectivity index (χ4n) is 4.42. The monoisotopic (exact) mass is 612 g/mol. The molecule has 0 radical (unpaired) electrons. The summed E-state index contributed by atoms with van der Waals surface area (Å²) in [4.78, 5) is 43.8. The van der Waals surface area contributed by atoms with Crippen LogP contribution in [0.5, 0.6) is 17.4 Å². The van der Waals surface area contributed by atoms with E-state index in [1.165, 1.54) is 19.2 Å². The molecule has 0 bridgehead atoms. The van der Waals surface area contributed by atoms with Gasteiger partial charge in [0.2, 0.25) is 17.5 Å². The number of halogens is 1. The minimum absolute atomic E-state index is 0.00152. The normalized spacial score (nSPS) is 11.3. The third-order valence-electron chi connectivity index (χ3n) is 6.43. The first-order valence-electron chi connectivity index (χ1n) is 12.6. The average molecular weight is 613 g/mol. The van der Waals surface area contributed by atoms with Crippen molar-refractivity contribution in [2.75, 3.05) is 7.11 Å². The van der Waals surface area contributed by atoms with Crippen LogP contribution in [0, 0.1) is 20.2 Å². The Kier molecular flexibility index (Phi) is 7.16. The van der Waals surface area contributed by atoms with Crippen LogP contribution in [0.4, 0.5) is 11.4 Å². The van der Waals surface area contributed by atoms with Gasteiger partial charge in [0, 0.05) is 28.8 Å². The molecular formula is C29H17ClN6O8. The molecule has 0 atom stereocenters. The molecule has 3 aromatic heterocycles. The predicted molar refractivity (Wildman–Crippen MR) is 160 cm³/mol. The number of nitrogens with zero attached hydrogens (tertiary/aromatic N) is 6. The van der Waals surface area contributed by atoms with Gasteiger partial charge in [-0.2, -0.15) is 9.78 Å². The maximum absolute atomic E-state index is 13.7. The third-order valence-corrected chi connectivity index (χ3v) is 6.64. The quantitative estimate of drug-likeness (QED) is 0.107. The molecule has 44 heavy (non-hydrogen) atoms. The molecule has 218 valence electrons. The Labute approximate surface area is 250 Å². The third kappa shape index (κ3) is 5.16. The van der Waals surface area contributed by atoms with Crippen LogP contribution >= 0.6 is 11.6 Å². The van der Waals surface area contributed by atoms with E-state index in [0.717, 1.165) is 29.2 Å². The number of hydrogen-bond donors (Lipinski definition) is 0. The smallest absolute Gasteiger partial charge is 0.313 e. The summed E-state index contributed by atoms with van der Waals surface area (Å²) < 4.78 is 18.1. The van der Waals surface area contributed by atoms with Crippen molar-refractivity contribution in [2.24, 2.45) is 5.10 Å². The number of pyridine rings is 1. The van der Waals surface area contributed by atoms with Crippen LogP contribution in [0.15, 0.2) is 93.3 Å². The Balaban J connectivity index is 1.52. The van der Waals surface area contributed by atoms with Gasteiger partial charge in [-0.25, -0.2) is 9.97 Å². The number of methoxy groups -OCH3 is 1. The molecule has 0 aliphatic carbocycles. The number of ether oxygens (including phenoxy) is 2. The first kappa shape index (κ1) is 28.0. The molecule has 0 aliphatic heterocycles. The predicted octanol–water partition coefficient (Wildman–Crippen LogP) is 6.36. The van der Waals surface area contributed by atoms with Crippen LogP contribution < -0.4 is 15.0 Å². The minimum Gasteiger partial charge on any atom is -0.496 e. The van der Waals surface area contributed by atoms with E-state index >= 15 is 0 Å². The van der Waals surface area contributed by atoms with Gasteiger partial charge in [0.15, 0.2) is 5.76 Å². The van der Waals surface area contributed by atoms with Gasteiger partial charge in [0.1, 0.15) is 17.5 Å². The Morgan fingerprint density at radius 2 is 1.82 bits per heavy atom. The number of rotatable bonds is 8. The Hall–Kier alpha value is -6.15. The van der Waals surface area contributed by atoms with Crippen molar-refractivity contribution in [3.05, 3.63) is 120 Å². The van der Waals surface area contributed by atoms with Crippen molar-refractivity contribution in [3.8, 4) is 29.0 Å². The number of hydrogen-bond acceptors (Lipinski definition) is 11. The zero-order chi connectivity index (χ0) is 31.0. The van der Waals surface area contributed by atoms with Gasteiger partial charge in [0.25, 0.3) is 11.2 Å². The maximum Gasteiger partial charge on any atom is 0.313 e. The summed E-state index contributed by atoms with van der Waals surface area (Å²) in [5.74, 6) is 0.300. The van der Waals surface area contributed by atoms with Gasteiger partial charge in [0.05, 0.1) is 39.5 Å². The van der Waals surface area contributed by atoms with Crippen molar-refractivity contribution in [1.29, 1.82) is 0 Å². The van der Waals surface area contributed by atoms with E-state index in [1.54, 1.807) is 48.5 Å². The molecule has 3 heterocycles. The lowest BCUT2D eigenvalue weighted by atomic mass is 10.2. The number of nitro benzene ring substituents is 1. The zero-order valence-corrected chi connectivity index (χ0v) is 23.2. The summed E-state index contributed by atoms with van der Waals surface area (Å²) in [7, 11) is 1.52. The molecular weight excluding hydrogens is 596 g/mol. The number of para-hydroxylation sites is 1. The summed E-state index contributed by atoms with van der Waals surface area (Å²) in [5.41, 5.74) is -0.518. The number of fused-ring (bicyclic) bond motifs is 2. The number of benzene rings is 3. The highest BCUT2D eigenvalue weighted by atomic mass is 35.5. The molecule has 6 rings (SSSR count). The number of aromatic nitrogens is 3. The van der Waals surface area contributed by atoms with E-state index < -0.39 is 21.1 Å². The van der Waals surface area contributed by atoms with Crippen LogP contribution in [0.2, 0.25) is 5.02 Å². The standard InChI is InChI=1S/C29H17ClN6O8/c1-42-23-7-4-8-24-20(23)13-25(43-24)28-33-21-6-3-2-5-19(21)29(37)34(28)32-14-16-11-17(30)12-22(36(40)41)27(16)44-26-10-9-18(15-31-26)35(38)39/h2-15H,1H3. The summed E-state index contributed by atoms with van der Waals surface area (Å²) in [5, 5.41) is 28.2. The van der Waals surface area contributed by atoms with Crippen LogP contribution in [0.25, 0.3) is 33.5 Å². The summed E-state index contributed by atoms with van der Waals surface area (Å²) in [6, 6.07) is 18.3. The van der Waals surface area contributed by atoms with E-state index in [1.807, 2.05) is 0 Å². The molecule has 15 heteroatoms. The Morgan fingerprint density at radius 1 is 1.00 bits per heavy atom. The first-order chi connectivity index (χ1) is 21.2. The Bertz CT molecular complexity index is 2190. The average Bonchev–Trinajstić information content (AvgIpc) is 3.46. The largest absolute Gasteiger partial charge is 0.496 e. The van der Waals surface area contributed by atoms with Gasteiger partial charge in [-0.05, 0) is 36.4 Å². The molecule has 0 fully saturated rings. The SMILES string of the molecule is COc1cccc2oc(-c3nc4ccccc4c(=O)n3N=Cc3cc(Cl)cc([N+](=O)[O-])c3Oc3ccc([N+](=O)[O-])cn3)cc12. The van der Waals surface area contributed by atoms with Gasteiger partial charge < -0.3 is 13.9 Å². The lowest BCUT2D eigenvalue weighted by molar-refractivity contribution is -0.385. The number of furan rings is 1. The van der Waals surface area contributed by atoms with Gasteiger partial charge in [-0.15, -0.1) is 0 Å². The second kappa shape index (κ2) is 11.3. The highest BCUT2D eigenvalue weighted by Crippen LogP contribution is 2.37. The second-order valence-corrected chi connectivity index (χ2v) is 9.55. The fraction of sp³-hybridized carbons (Fsp3) is 0.0345. The van der Waals surface area contributed by atoms with E-state index in [4.69, 9.17) is 25.5 Å². The van der Waals surface area contributed by atoms with E-state index in [0.29, 0.717) is 22.2 Å². The van der Waals surface area contributed by atoms with Gasteiger partial charge in [-0.3, -0.25) is 25.0 Å². The lowest BCUT2D eigenvalue weighted by Crippen LogP contribution is -2.20. The van der Waals surface area contributed by atoms with Crippen molar-refractivity contribution in [1.82, 2.24) is 14.6 Å². The molecule has 3 aromatic carbocycles. The second-order valence-electron chi connectivity index (χ2n) is 9.11. The molecule has 0 aliphatic rings. The van der Waals surface area contributed by atoms with Crippen LogP contribution in [0.1, 0.15) is 5.56 Å². The molecule has 6 aromatic rings. The molecule has 0 saturated carbocycles. The van der Waals surface area contributed by atoms with Crippen molar-refractivity contribution in [2.45, 2.75) is 0 Å². The minimum atomic E-state index is -0.721. The lowest BCUT2D eigenvalue weighted by Gasteiger charge is -2.10. The van der Waals surface area contributed by atoms with E-state index in [9.17, 15) is 25.0 Å². The van der Waals surface area contributed by atoms with Gasteiger partial charge in [-0.1, -0.05) is 29.8 Å². The highest BCUT2D eigenvalue weighted by Gasteiger charge is 2.23. The first-order valence-corrected chi connectivity index (χ1v) is 13.0. The van der Waals surface area contributed by atoms with Crippen LogP contribution in [0.3, 0.4) is 0 Å². The molecule has 0 amide bonds. The maximum atomic E-state index is 13.7. The summed E-state index contributed by atoms with van der Waals surface area (Å²) >= 11 is 6.20. The Morgan fingerprint density at radius 3 is 2.55 bits per heavy atom. The molecule has 0 spiro atoms.